The molecule has 5 atom stereocenters. The van der Waals surface area contributed by atoms with Gasteiger partial charge in [-0.3, -0.25) is 37.3 Å². The van der Waals surface area contributed by atoms with E-state index in [1.807, 2.05) is 0 Å². The molecule has 0 fully saturated rings. The fourth-order valence-corrected chi connectivity index (χ4v) is 15.1. The fraction of sp³-hybridized carbons (Fsp3) is 0.953. The first-order chi connectivity index (χ1) is 51.2. The molecule has 0 saturated heterocycles. The summed E-state index contributed by atoms with van der Waals surface area (Å²) in [7, 11) is -9.93. The lowest BCUT2D eigenvalue weighted by Gasteiger charge is -2.21. The van der Waals surface area contributed by atoms with Gasteiger partial charge >= 0.3 is 39.5 Å². The molecule has 624 valence electrons. The zero-order chi connectivity index (χ0) is 76.7. The fourth-order valence-electron chi connectivity index (χ4n) is 13.5. The minimum absolute atomic E-state index is 0.109. The van der Waals surface area contributed by atoms with Crippen molar-refractivity contribution in [3.8, 4) is 0 Å². The molecule has 0 saturated carbocycles. The van der Waals surface area contributed by atoms with Crippen LogP contribution in [0.5, 0.6) is 0 Å². The molecule has 0 aliphatic carbocycles. The molecule has 19 heteroatoms. The second-order valence-electron chi connectivity index (χ2n) is 30.9. The number of rotatable bonds is 87. The summed E-state index contributed by atoms with van der Waals surface area (Å²) in [6, 6.07) is 0. The van der Waals surface area contributed by atoms with Crippen LogP contribution in [0.25, 0.3) is 0 Å². The van der Waals surface area contributed by atoms with Crippen molar-refractivity contribution in [3.63, 3.8) is 0 Å². The van der Waals surface area contributed by atoms with Crippen LogP contribution in [0.4, 0.5) is 0 Å². The van der Waals surface area contributed by atoms with Crippen LogP contribution in [-0.2, 0) is 65.4 Å². The summed E-state index contributed by atoms with van der Waals surface area (Å²) in [5, 5.41) is 10.7. The zero-order valence-electron chi connectivity index (χ0n) is 68.7. The third kappa shape index (κ3) is 79.9. The van der Waals surface area contributed by atoms with Gasteiger partial charge in [-0.25, -0.2) is 9.13 Å². The summed E-state index contributed by atoms with van der Waals surface area (Å²) >= 11 is 0. The van der Waals surface area contributed by atoms with E-state index < -0.39 is 97.5 Å². The summed E-state index contributed by atoms with van der Waals surface area (Å²) in [5.41, 5.74) is 0. The van der Waals surface area contributed by atoms with Crippen molar-refractivity contribution < 1.29 is 80.2 Å². The van der Waals surface area contributed by atoms with Crippen LogP contribution in [0.3, 0.4) is 0 Å². The Balaban J connectivity index is 5.24. The van der Waals surface area contributed by atoms with Crippen LogP contribution in [0.15, 0.2) is 0 Å². The van der Waals surface area contributed by atoms with Gasteiger partial charge in [-0.15, -0.1) is 0 Å². The molecule has 0 heterocycles. The Labute approximate surface area is 645 Å². The van der Waals surface area contributed by atoms with Crippen molar-refractivity contribution in [2.75, 3.05) is 39.6 Å². The van der Waals surface area contributed by atoms with Gasteiger partial charge in [0.1, 0.15) is 19.3 Å². The van der Waals surface area contributed by atoms with Crippen molar-refractivity contribution in [3.05, 3.63) is 0 Å². The first-order valence-corrected chi connectivity index (χ1v) is 47.8. The van der Waals surface area contributed by atoms with Crippen molar-refractivity contribution in [1.29, 1.82) is 0 Å². The van der Waals surface area contributed by atoms with E-state index in [0.29, 0.717) is 25.7 Å². The number of ether oxygens (including phenoxy) is 4. The molecule has 0 aromatic heterocycles. The van der Waals surface area contributed by atoms with Gasteiger partial charge in [0.15, 0.2) is 12.2 Å². The highest BCUT2D eigenvalue weighted by Gasteiger charge is 2.30. The monoisotopic (exact) mass is 1540 g/mol. The lowest BCUT2D eigenvalue weighted by molar-refractivity contribution is -0.161. The Morgan fingerprint density at radius 3 is 0.562 bits per heavy atom. The maximum atomic E-state index is 13.1. The van der Waals surface area contributed by atoms with Gasteiger partial charge in [0.2, 0.25) is 0 Å². The molecular formula is C86H168O17P2. The number of unbranched alkanes of at least 4 members (excludes halogenated alkanes) is 61. The molecule has 0 spiro atoms. The molecule has 0 amide bonds. The number of carbonyl (C=O) groups excluding carboxylic acids is 4. The van der Waals surface area contributed by atoms with Crippen LogP contribution < -0.4 is 0 Å². The van der Waals surface area contributed by atoms with E-state index in [1.165, 1.54) is 302 Å². The van der Waals surface area contributed by atoms with E-state index in [0.717, 1.165) is 89.9 Å². The minimum Gasteiger partial charge on any atom is -0.462 e. The topological polar surface area (TPSA) is 237 Å². The Morgan fingerprint density at radius 2 is 0.381 bits per heavy atom. The van der Waals surface area contributed by atoms with Crippen molar-refractivity contribution in [1.82, 2.24) is 0 Å². The standard InChI is InChI=1S/C86H168O17P2/c1-5-9-13-17-21-25-29-32-35-38-39-40-43-46-49-53-57-61-65-69-73-86(91)103-82(77-97-84(89)71-67-63-59-55-51-47-44-41-36-33-30-26-22-18-14-10-6-2)79-101-105(94,95)99-75-80(87)74-98-104(92,93)100-78-81(76-96-83(88)70-66-62-58-54-50-28-24-20-16-12-8-4)102-85(90)72-68-64-60-56-52-48-45-42-37-34-31-27-23-19-15-11-7-3/h80-82,87H,5-79H2,1-4H3,(H,92,93)(H,94,95)/t80-,81+,82+/m0/s1. The lowest BCUT2D eigenvalue weighted by Crippen LogP contribution is -2.30. The minimum atomic E-state index is -4.96. The van der Waals surface area contributed by atoms with Gasteiger partial charge in [0, 0.05) is 25.7 Å². The second kappa shape index (κ2) is 80.1. The van der Waals surface area contributed by atoms with E-state index in [-0.39, 0.29) is 25.7 Å². The third-order valence-corrected chi connectivity index (χ3v) is 22.3. The maximum absolute atomic E-state index is 13.1. The predicted octanol–water partition coefficient (Wildman–Crippen LogP) is 26.5. The number of aliphatic hydroxyl groups excluding tert-OH is 1. The molecular weight excluding hydrogens is 1370 g/mol. The van der Waals surface area contributed by atoms with Gasteiger partial charge in [-0.2, -0.15) is 0 Å². The van der Waals surface area contributed by atoms with Crippen LogP contribution in [0.1, 0.15) is 471 Å². The van der Waals surface area contributed by atoms with E-state index in [1.54, 1.807) is 0 Å². The van der Waals surface area contributed by atoms with Crippen molar-refractivity contribution >= 4 is 39.5 Å². The van der Waals surface area contributed by atoms with Crippen molar-refractivity contribution in [2.45, 2.75) is 489 Å². The summed E-state index contributed by atoms with van der Waals surface area (Å²) in [6.07, 6.45) is 74.9. The van der Waals surface area contributed by atoms with Gasteiger partial charge in [0.05, 0.1) is 26.4 Å². The molecule has 0 aromatic carbocycles. The lowest BCUT2D eigenvalue weighted by atomic mass is 10.0. The number of phosphoric ester groups is 2. The van der Waals surface area contributed by atoms with Crippen molar-refractivity contribution in [2.24, 2.45) is 0 Å². The molecule has 105 heavy (non-hydrogen) atoms. The quantitative estimate of drug-likeness (QED) is 0.0222. The Kier molecular flexibility index (Phi) is 78.6. The Morgan fingerprint density at radius 1 is 0.229 bits per heavy atom. The molecule has 0 aliphatic rings. The van der Waals surface area contributed by atoms with Gasteiger partial charge < -0.3 is 33.8 Å². The number of phosphoric acid groups is 2. The molecule has 2 unspecified atom stereocenters. The van der Waals surface area contributed by atoms with Crippen LogP contribution >= 0.6 is 15.6 Å². The number of hydrogen-bond donors (Lipinski definition) is 3. The summed E-state index contributed by atoms with van der Waals surface area (Å²) in [6.45, 7) is 5.06. The van der Waals surface area contributed by atoms with E-state index >= 15 is 0 Å². The molecule has 0 bridgehead atoms. The summed E-state index contributed by atoms with van der Waals surface area (Å²) in [5.74, 6) is -2.10. The molecule has 0 aromatic rings. The van der Waals surface area contributed by atoms with E-state index in [4.69, 9.17) is 37.0 Å². The van der Waals surface area contributed by atoms with Gasteiger partial charge in [-0.05, 0) is 25.7 Å². The molecule has 3 N–H and O–H groups in total. The summed E-state index contributed by atoms with van der Waals surface area (Å²) in [4.78, 5) is 73.2. The Bertz CT molecular complexity index is 1980. The second-order valence-corrected chi connectivity index (χ2v) is 33.8. The average molecular weight is 1540 g/mol. The number of hydrogen-bond acceptors (Lipinski definition) is 15. The Hall–Kier alpha value is -1.94. The maximum Gasteiger partial charge on any atom is 0.472 e. The molecule has 17 nitrogen and oxygen atoms in total. The SMILES string of the molecule is CCCCCCCCCCCCCCCCCCCCCCC(=O)O[C@H](COC(=O)CCCCCCCCCCCCCCCCCCC)COP(=O)(O)OC[C@@H](O)COP(=O)(O)OC[C@@H](COC(=O)CCCCCCCCCCCCC)OC(=O)CCCCCCCCCCCCCCCCCCC. The number of esters is 4. The highest BCUT2D eigenvalue weighted by atomic mass is 31.2. The molecule has 0 rings (SSSR count). The highest BCUT2D eigenvalue weighted by molar-refractivity contribution is 7.47. The molecule has 0 radical (unpaired) electrons. The highest BCUT2D eigenvalue weighted by Crippen LogP contribution is 2.45. The average Bonchev–Trinajstić information content (AvgIpc) is 0.944. The van der Waals surface area contributed by atoms with Gasteiger partial charge in [0.25, 0.3) is 0 Å². The first kappa shape index (κ1) is 103. The largest absolute Gasteiger partial charge is 0.472 e. The van der Waals surface area contributed by atoms with E-state index in [2.05, 4.69) is 27.7 Å². The van der Waals surface area contributed by atoms with Crippen LogP contribution in [0.2, 0.25) is 0 Å². The number of aliphatic hydroxyl groups is 1. The van der Waals surface area contributed by atoms with Crippen LogP contribution in [0, 0.1) is 0 Å². The normalized spacial score (nSPS) is 13.7. The van der Waals surface area contributed by atoms with Crippen LogP contribution in [-0.4, -0.2) is 96.7 Å². The zero-order valence-corrected chi connectivity index (χ0v) is 70.5. The predicted molar refractivity (Wildman–Crippen MR) is 432 cm³/mol. The summed E-state index contributed by atoms with van der Waals surface area (Å²) < 4.78 is 68.9. The smallest absolute Gasteiger partial charge is 0.462 e. The van der Waals surface area contributed by atoms with Gasteiger partial charge in [-0.1, -0.05) is 419 Å². The molecule has 0 aliphatic heterocycles. The third-order valence-electron chi connectivity index (χ3n) is 20.4. The number of carbonyl (C=O) groups is 4. The first-order valence-electron chi connectivity index (χ1n) is 44.8. The van der Waals surface area contributed by atoms with E-state index in [9.17, 15) is 43.2 Å².